The number of nitrogens with one attached hydrogen (secondary N) is 2. The molecule has 0 radical (unpaired) electrons. The minimum Gasteiger partial charge on any atom is -0.493 e. The molecule has 0 spiro atoms. The van der Waals surface area contributed by atoms with Crippen LogP contribution in [0.2, 0.25) is 0 Å². The minimum absolute atomic E-state index is 0.0881. The van der Waals surface area contributed by atoms with E-state index < -0.39 is 0 Å². The molecule has 0 aliphatic rings. The average Bonchev–Trinajstić information content (AvgIpc) is 2.47. The molecule has 0 saturated heterocycles. The highest BCUT2D eigenvalue weighted by molar-refractivity contribution is 5.76. The molecule has 5 heteroatoms. The van der Waals surface area contributed by atoms with Gasteiger partial charge in [-0.2, -0.15) is 0 Å². The number of hydrogen-bond donors (Lipinski definition) is 2. The van der Waals surface area contributed by atoms with Crippen LogP contribution in [0.4, 0.5) is 0 Å². The zero-order valence-corrected chi connectivity index (χ0v) is 13.4. The van der Waals surface area contributed by atoms with E-state index in [0.29, 0.717) is 17.9 Å². The molecule has 1 amide bonds. The molecule has 1 atom stereocenters. The van der Waals surface area contributed by atoms with Crippen LogP contribution >= 0.6 is 0 Å². The lowest BCUT2D eigenvalue weighted by Crippen LogP contribution is -2.34. The lowest BCUT2D eigenvalue weighted by atomic mass is 10.1. The van der Waals surface area contributed by atoms with Gasteiger partial charge in [-0.25, -0.2) is 0 Å². The molecule has 0 aromatic heterocycles. The van der Waals surface area contributed by atoms with E-state index in [1.807, 2.05) is 32.2 Å². The fraction of sp³-hybridized carbons (Fsp3) is 0.562. The second kappa shape index (κ2) is 9.23. The summed E-state index contributed by atoms with van der Waals surface area (Å²) in [4.78, 5) is 11.8. The zero-order chi connectivity index (χ0) is 15.7. The summed E-state index contributed by atoms with van der Waals surface area (Å²) in [6, 6.07) is 5.91. The van der Waals surface area contributed by atoms with Gasteiger partial charge in [-0.05, 0) is 51.1 Å². The lowest BCUT2D eigenvalue weighted by Gasteiger charge is -2.15. The Balaban J connectivity index is 2.50. The van der Waals surface area contributed by atoms with Crippen molar-refractivity contribution in [1.29, 1.82) is 0 Å². The molecule has 1 aromatic rings. The van der Waals surface area contributed by atoms with E-state index >= 15 is 0 Å². The number of carbonyl (C=O) groups excluding carboxylic acids is 1. The zero-order valence-electron chi connectivity index (χ0n) is 13.4. The topological polar surface area (TPSA) is 59.6 Å². The van der Waals surface area contributed by atoms with Crippen LogP contribution in [-0.2, 0) is 11.2 Å². The molecule has 1 rings (SSSR count). The fourth-order valence-corrected chi connectivity index (χ4v) is 2.18. The van der Waals surface area contributed by atoms with Crippen LogP contribution in [0.3, 0.4) is 0 Å². The monoisotopic (exact) mass is 294 g/mol. The molecule has 2 N–H and O–H groups in total. The van der Waals surface area contributed by atoms with E-state index in [0.717, 1.165) is 24.9 Å². The van der Waals surface area contributed by atoms with Gasteiger partial charge >= 0.3 is 0 Å². The molecule has 5 nitrogen and oxygen atoms in total. The van der Waals surface area contributed by atoms with Gasteiger partial charge in [0, 0.05) is 12.5 Å². The summed E-state index contributed by atoms with van der Waals surface area (Å²) in [5, 5.41) is 6.05. The van der Waals surface area contributed by atoms with Crippen LogP contribution in [0, 0.1) is 0 Å². The average molecular weight is 294 g/mol. The second-order valence-electron chi connectivity index (χ2n) is 5.07. The summed E-state index contributed by atoms with van der Waals surface area (Å²) in [6.07, 6.45) is 2.17. The molecule has 0 aliphatic carbocycles. The standard InChI is InChI=1S/C16H26N2O3/c1-12(18-16(19)6-5-9-17-2)10-13-7-8-14(20-3)15(11-13)21-4/h7-8,11-12,17H,5-6,9-10H2,1-4H3,(H,18,19). The van der Waals surface area contributed by atoms with Crippen molar-refractivity contribution in [3.05, 3.63) is 23.8 Å². The van der Waals surface area contributed by atoms with Crippen LogP contribution in [-0.4, -0.2) is 39.8 Å². The predicted molar refractivity (Wildman–Crippen MR) is 84.0 cm³/mol. The highest BCUT2D eigenvalue weighted by atomic mass is 16.5. The molecule has 0 fully saturated rings. The van der Waals surface area contributed by atoms with Crippen molar-refractivity contribution in [2.24, 2.45) is 0 Å². The van der Waals surface area contributed by atoms with E-state index in [1.54, 1.807) is 14.2 Å². The Morgan fingerprint density at radius 2 is 1.95 bits per heavy atom. The molecule has 1 unspecified atom stereocenters. The number of carbonyl (C=O) groups is 1. The third kappa shape index (κ3) is 6.04. The van der Waals surface area contributed by atoms with Gasteiger partial charge in [0.05, 0.1) is 14.2 Å². The number of ether oxygens (including phenoxy) is 2. The number of rotatable bonds is 9. The summed E-state index contributed by atoms with van der Waals surface area (Å²) in [5.41, 5.74) is 1.11. The second-order valence-corrected chi connectivity index (χ2v) is 5.07. The van der Waals surface area contributed by atoms with Crippen LogP contribution < -0.4 is 20.1 Å². The van der Waals surface area contributed by atoms with Gasteiger partial charge in [-0.1, -0.05) is 6.07 Å². The summed E-state index contributed by atoms with van der Waals surface area (Å²) in [6.45, 7) is 2.87. The highest BCUT2D eigenvalue weighted by Crippen LogP contribution is 2.27. The van der Waals surface area contributed by atoms with Gasteiger partial charge in [0.15, 0.2) is 11.5 Å². The number of methoxy groups -OCH3 is 2. The summed E-state index contributed by atoms with van der Waals surface area (Å²) in [5.74, 6) is 1.52. The van der Waals surface area contributed by atoms with Crippen LogP contribution in [0.5, 0.6) is 11.5 Å². The Morgan fingerprint density at radius 1 is 1.24 bits per heavy atom. The first-order valence-corrected chi connectivity index (χ1v) is 7.25. The lowest BCUT2D eigenvalue weighted by molar-refractivity contribution is -0.121. The van der Waals surface area contributed by atoms with Crippen LogP contribution in [0.15, 0.2) is 18.2 Å². The Bertz CT molecular complexity index is 449. The Morgan fingerprint density at radius 3 is 2.57 bits per heavy atom. The first-order valence-electron chi connectivity index (χ1n) is 7.25. The van der Waals surface area contributed by atoms with Crippen molar-refractivity contribution in [3.63, 3.8) is 0 Å². The molecule has 0 aliphatic heterocycles. The van der Waals surface area contributed by atoms with Crippen molar-refractivity contribution in [2.75, 3.05) is 27.8 Å². The third-order valence-electron chi connectivity index (χ3n) is 3.23. The molecule has 1 aromatic carbocycles. The molecule has 0 bridgehead atoms. The fourth-order valence-electron chi connectivity index (χ4n) is 2.18. The Kier molecular flexibility index (Phi) is 7.61. The van der Waals surface area contributed by atoms with Crippen molar-refractivity contribution in [3.8, 4) is 11.5 Å². The van der Waals surface area contributed by atoms with Crippen molar-refractivity contribution in [2.45, 2.75) is 32.2 Å². The highest BCUT2D eigenvalue weighted by Gasteiger charge is 2.10. The normalized spacial score (nSPS) is 11.8. The molecule has 0 saturated carbocycles. The van der Waals surface area contributed by atoms with Crippen LogP contribution in [0.1, 0.15) is 25.3 Å². The number of hydrogen-bond acceptors (Lipinski definition) is 4. The summed E-state index contributed by atoms with van der Waals surface area (Å²) < 4.78 is 10.5. The van der Waals surface area contributed by atoms with E-state index in [1.165, 1.54) is 0 Å². The molecule has 21 heavy (non-hydrogen) atoms. The number of benzene rings is 1. The largest absolute Gasteiger partial charge is 0.493 e. The molecule has 0 heterocycles. The maximum absolute atomic E-state index is 11.8. The molecular formula is C16H26N2O3. The number of amides is 1. The van der Waals surface area contributed by atoms with Gasteiger partial charge < -0.3 is 20.1 Å². The van der Waals surface area contributed by atoms with E-state index in [-0.39, 0.29) is 11.9 Å². The third-order valence-corrected chi connectivity index (χ3v) is 3.23. The Hall–Kier alpha value is -1.75. The maximum atomic E-state index is 11.8. The van der Waals surface area contributed by atoms with Gasteiger partial charge in [0.2, 0.25) is 5.91 Å². The first-order chi connectivity index (χ1) is 10.1. The van der Waals surface area contributed by atoms with E-state index in [2.05, 4.69) is 10.6 Å². The molecular weight excluding hydrogens is 268 g/mol. The quantitative estimate of drug-likeness (QED) is 0.681. The van der Waals surface area contributed by atoms with E-state index in [4.69, 9.17) is 9.47 Å². The maximum Gasteiger partial charge on any atom is 0.220 e. The van der Waals surface area contributed by atoms with Gasteiger partial charge in [-0.3, -0.25) is 4.79 Å². The van der Waals surface area contributed by atoms with Gasteiger partial charge in [-0.15, -0.1) is 0 Å². The Labute approximate surface area is 127 Å². The van der Waals surface area contributed by atoms with Crippen molar-refractivity contribution < 1.29 is 14.3 Å². The SMILES string of the molecule is CNCCCC(=O)NC(C)Cc1ccc(OC)c(OC)c1. The summed E-state index contributed by atoms with van der Waals surface area (Å²) >= 11 is 0. The van der Waals surface area contributed by atoms with Crippen molar-refractivity contribution in [1.82, 2.24) is 10.6 Å². The predicted octanol–water partition coefficient (Wildman–Crippen LogP) is 1.75. The van der Waals surface area contributed by atoms with Crippen molar-refractivity contribution >= 4 is 5.91 Å². The van der Waals surface area contributed by atoms with Crippen LogP contribution in [0.25, 0.3) is 0 Å². The van der Waals surface area contributed by atoms with E-state index in [9.17, 15) is 4.79 Å². The van der Waals surface area contributed by atoms with Gasteiger partial charge in [0.1, 0.15) is 0 Å². The smallest absolute Gasteiger partial charge is 0.220 e. The first kappa shape index (κ1) is 17.3. The van der Waals surface area contributed by atoms with Gasteiger partial charge in [0.25, 0.3) is 0 Å². The minimum atomic E-state index is 0.0881. The molecule has 118 valence electrons. The summed E-state index contributed by atoms with van der Waals surface area (Å²) in [7, 11) is 5.12.